The molecule has 2 aromatic rings. The molecule has 1 aromatic heterocycles. The molecule has 1 heterocycles. The van der Waals surface area contributed by atoms with Gasteiger partial charge in [0.25, 0.3) is 5.56 Å². The molecule has 0 aliphatic rings. The Kier molecular flexibility index (Phi) is 4.49. The number of H-pyrrole nitrogens is 1. The Labute approximate surface area is 125 Å². The Balaban J connectivity index is 2.44. The van der Waals surface area contributed by atoms with Crippen LogP contribution in [-0.4, -0.2) is 32.8 Å². The Morgan fingerprint density at radius 2 is 2.33 bits per heavy atom. The summed E-state index contributed by atoms with van der Waals surface area (Å²) in [6, 6.07) is 5.01. The highest BCUT2D eigenvalue weighted by atomic mass is 32.1. The first kappa shape index (κ1) is 14.9. The number of benzene rings is 1. The highest BCUT2D eigenvalue weighted by Crippen LogP contribution is 2.28. The normalized spacial score (nSPS) is 11.0. The molecular formula is C13H14N4O3S. The highest BCUT2D eigenvalue weighted by molar-refractivity contribution is 7.71. The van der Waals surface area contributed by atoms with E-state index in [0.717, 1.165) is 4.68 Å². The molecule has 0 atom stereocenters. The summed E-state index contributed by atoms with van der Waals surface area (Å²) in [5.74, 6) is 0.307. The van der Waals surface area contributed by atoms with Crippen molar-refractivity contribution < 1.29 is 9.84 Å². The van der Waals surface area contributed by atoms with Gasteiger partial charge in [-0.2, -0.15) is 14.9 Å². The summed E-state index contributed by atoms with van der Waals surface area (Å²) in [5.41, 5.74) is 0.236. The predicted octanol–water partition coefficient (Wildman–Crippen LogP) is 1.60. The first-order chi connectivity index (χ1) is 10.0. The molecule has 0 saturated heterocycles. The van der Waals surface area contributed by atoms with Crippen LogP contribution in [0.4, 0.5) is 0 Å². The Morgan fingerprint density at radius 1 is 1.57 bits per heavy atom. The molecule has 110 valence electrons. The molecule has 2 N–H and O–H groups in total. The fraction of sp³-hybridized carbons (Fsp3) is 0.231. The van der Waals surface area contributed by atoms with E-state index < -0.39 is 5.56 Å². The molecule has 0 spiro atoms. The zero-order chi connectivity index (χ0) is 15.4. The molecule has 21 heavy (non-hydrogen) atoms. The Hall–Kier alpha value is -2.48. The summed E-state index contributed by atoms with van der Waals surface area (Å²) in [6.07, 6.45) is 1.34. The molecular weight excluding hydrogens is 292 g/mol. The molecule has 0 aliphatic carbocycles. The second-order valence-corrected chi connectivity index (χ2v) is 4.49. The maximum Gasteiger partial charge on any atom is 0.296 e. The van der Waals surface area contributed by atoms with Crippen LogP contribution in [0, 0.1) is 11.7 Å². The summed E-state index contributed by atoms with van der Waals surface area (Å²) in [4.78, 5) is 11.9. The van der Waals surface area contributed by atoms with Crippen LogP contribution >= 0.6 is 12.2 Å². The summed E-state index contributed by atoms with van der Waals surface area (Å²) in [6.45, 7) is 3.80. The van der Waals surface area contributed by atoms with Crippen molar-refractivity contribution in [3.8, 4) is 11.5 Å². The minimum absolute atomic E-state index is 0.0446. The van der Waals surface area contributed by atoms with E-state index in [1.165, 1.54) is 6.21 Å². The molecule has 1 aromatic carbocycles. The number of hydrogen-bond donors (Lipinski definition) is 2. The lowest BCUT2D eigenvalue weighted by atomic mass is 10.2. The van der Waals surface area contributed by atoms with Gasteiger partial charge in [0.15, 0.2) is 11.5 Å². The average Bonchev–Trinajstić information content (AvgIpc) is 2.47. The first-order valence-corrected chi connectivity index (χ1v) is 6.63. The standard InChI is InChI=1S/C13H14N4O3S/c1-3-20-10-6-4-5-9(11(10)18)7-14-17-12(19)8(2)15-16-13(17)21/h4-7,18H,3H2,1-2H3,(H,16,21)/b14-7-. The number of para-hydroxylation sites is 1. The van der Waals surface area contributed by atoms with Gasteiger partial charge in [-0.05, 0) is 38.2 Å². The van der Waals surface area contributed by atoms with E-state index in [-0.39, 0.29) is 16.2 Å². The van der Waals surface area contributed by atoms with Crippen LogP contribution in [0.25, 0.3) is 0 Å². The fourth-order valence-corrected chi connectivity index (χ4v) is 1.79. The van der Waals surface area contributed by atoms with Crippen LogP contribution in [-0.2, 0) is 0 Å². The van der Waals surface area contributed by atoms with Crippen LogP contribution in [0.5, 0.6) is 11.5 Å². The minimum atomic E-state index is -0.421. The fourth-order valence-electron chi connectivity index (χ4n) is 1.61. The van der Waals surface area contributed by atoms with E-state index in [1.54, 1.807) is 25.1 Å². The van der Waals surface area contributed by atoms with Gasteiger partial charge in [-0.3, -0.25) is 9.89 Å². The molecule has 0 bridgehead atoms. The predicted molar refractivity (Wildman–Crippen MR) is 80.7 cm³/mol. The van der Waals surface area contributed by atoms with Crippen molar-refractivity contribution in [2.45, 2.75) is 13.8 Å². The SMILES string of the molecule is CCOc1cccc(/C=N\n2c(=S)[nH]nc(C)c2=O)c1O. The molecule has 0 fully saturated rings. The Morgan fingerprint density at radius 3 is 3.05 bits per heavy atom. The number of rotatable bonds is 4. The molecule has 0 aliphatic heterocycles. The zero-order valence-corrected chi connectivity index (χ0v) is 12.3. The zero-order valence-electron chi connectivity index (χ0n) is 11.5. The van der Waals surface area contributed by atoms with Gasteiger partial charge in [-0.15, -0.1) is 0 Å². The summed E-state index contributed by atoms with van der Waals surface area (Å²) in [5, 5.41) is 20.3. The van der Waals surface area contributed by atoms with E-state index in [2.05, 4.69) is 15.3 Å². The average molecular weight is 306 g/mol. The monoisotopic (exact) mass is 306 g/mol. The molecule has 7 nitrogen and oxygen atoms in total. The maximum atomic E-state index is 11.9. The smallest absolute Gasteiger partial charge is 0.296 e. The van der Waals surface area contributed by atoms with Gasteiger partial charge in [0, 0.05) is 5.56 Å². The van der Waals surface area contributed by atoms with E-state index in [4.69, 9.17) is 17.0 Å². The molecule has 0 radical (unpaired) electrons. The number of hydrogen-bond acceptors (Lipinski definition) is 6. The van der Waals surface area contributed by atoms with Gasteiger partial charge in [0.05, 0.1) is 12.8 Å². The number of phenols is 1. The lowest BCUT2D eigenvalue weighted by Crippen LogP contribution is -2.22. The van der Waals surface area contributed by atoms with Crippen LogP contribution in [0.3, 0.4) is 0 Å². The maximum absolute atomic E-state index is 11.9. The van der Waals surface area contributed by atoms with E-state index >= 15 is 0 Å². The van der Waals surface area contributed by atoms with Crippen molar-refractivity contribution in [3.63, 3.8) is 0 Å². The second-order valence-electron chi connectivity index (χ2n) is 4.10. The Bertz CT molecular complexity index is 795. The number of aromatic amines is 1. The van der Waals surface area contributed by atoms with Gasteiger partial charge in [-0.25, -0.2) is 0 Å². The quantitative estimate of drug-likeness (QED) is 0.661. The minimum Gasteiger partial charge on any atom is -0.504 e. The van der Waals surface area contributed by atoms with E-state index in [0.29, 0.717) is 17.9 Å². The summed E-state index contributed by atoms with van der Waals surface area (Å²) in [7, 11) is 0. The van der Waals surface area contributed by atoms with Gasteiger partial charge >= 0.3 is 0 Å². The van der Waals surface area contributed by atoms with Crippen molar-refractivity contribution >= 4 is 18.4 Å². The van der Waals surface area contributed by atoms with E-state index in [9.17, 15) is 9.90 Å². The highest BCUT2D eigenvalue weighted by Gasteiger charge is 2.06. The van der Waals surface area contributed by atoms with Crippen molar-refractivity contribution in [2.75, 3.05) is 6.61 Å². The van der Waals surface area contributed by atoms with Gasteiger partial charge in [0.1, 0.15) is 5.69 Å². The van der Waals surface area contributed by atoms with E-state index in [1.807, 2.05) is 6.92 Å². The lowest BCUT2D eigenvalue weighted by Gasteiger charge is -2.07. The van der Waals surface area contributed by atoms with Crippen molar-refractivity contribution in [1.82, 2.24) is 14.9 Å². The number of nitrogens with zero attached hydrogens (tertiary/aromatic N) is 3. The summed E-state index contributed by atoms with van der Waals surface area (Å²) >= 11 is 4.96. The number of phenolic OH excluding ortho intramolecular Hbond substituents is 1. The van der Waals surface area contributed by atoms with Crippen molar-refractivity contribution in [1.29, 1.82) is 0 Å². The van der Waals surface area contributed by atoms with Crippen LogP contribution in [0.15, 0.2) is 28.1 Å². The lowest BCUT2D eigenvalue weighted by molar-refractivity contribution is 0.318. The number of nitrogens with one attached hydrogen (secondary N) is 1. The van der Waals surface area contributed by atoms with Gasteiger partial charge in [-0.1, -0.05) is 6.07 Å². The number of ether oxygens (including phenoxy) is 1. The largest absolute Gasteiger partial charge is 0.504 e. The third-order valence-corrected chi connectivity index (χ3v) is 2.92. The number of aromatic hydroxyl groups is 1. The summed E-state index contributed by atoms with van der Waals surface area (Å²) < 4.78 is 6.35. The van der Waals surface area contributed by atoms with Crippen LogP contribution in [0.2, 0.25) is 0 Å². The third kappa shape index (κ3) is 3.16. The number of aryl methyl sites for hydroxylation is 1. The van der Waals surface area contributed by atoms with Gasteiger partial charge in [0.2, 0.25) is 4.77 Å². The van der Waals surface area contributed by atoms with Gasteiger partial charge < -0.3 is 9.84 Å². The van der Waals surface area contributed by atoms with Crippen LogP contribution in [0.1, 0.15) is 18.2 Å². The second kappa shape index (κ2) is 6.31. The third-order valence-electron chi connectivity index (χ3n) is 2.66. The molecule has 0 amide bonds. The molecule has 2 rings (SSSR count). The van der Waals surface area contributed by atoms with Crippen molar-refractivity contribution in [2.24, 2.45) is 5.10 Å². The molecule has 0 unspecified atom stereocenters. The number of aromatic nitrogens is 3. The first-order valence-electron chi connectivity index (χ1n) is 6.22. The molecule has 8 heteroatoms. The molecule has 0 saturated carbocycles. The topological polar surface area (TPSA) is 92.5 Å². The van der Waals surface area contributed by atoms with Crippen molar-refractivity contribution in [3.05, 3.63) is 44.6 Å². The van der Waals surface area contributed by atoms with Crippen LogP contribution < -0.4 is 10.3 Å².